The third-order valence-electron chi connectivity index (χ3n) is 4.40. The fourth-order valence-electron chi connectivity index (χ4n) is 2.80. The zero-order valence-corrected chi connectivity index (χ0v) is 16.4. The minimum atomic E-state index is -1.01. The summed E-state index contributed by atoms with van der Waals surface area (Å²) < 4.78 is 5.30. The van der Waals surface area contributed by atoms with Crippen LogP contribution in [-0.4, -0.2) is 36.2 Å². The summed E-state index contributed by atoms with van der Waals surface area (Å²) in [5.74, 6) is 0.421. The van der Waals surface area contributed by atoms with Crippen LogP contribution in [0.1, 0.15) is 22.8 Å². The Morgan fingerprint density at radius 3 is 2.57 bits per heavy atom. The predicted molar refractivity (Wildman–Crippen MR) is 106 cm³/mol. The fraction of sp³-hybridized carbons (Fsp3) is 0.250. The van der Waals surface area contributed by atoms with E-state index < -0.39 is 11.6 Å². The summed E-state index contributed by atoms with van der Waals surface area (Å²) in [6.07, 6.45) is 0. The first-order valence-corrected chi connectivity index (χ1v) is 9.67. The minimum absolute atomic E-state index is 0.223. The molecule has 1 heterocycles. The third kappa shape index (κ3) is 4.28. The molecule has 1 unspecified atom stereocenters. The highest BCUT2D eigenvalue weighted by Gasteiger charge is 2.41. The van der Waals surface area contributed by atoms with Gasteiger partial charge in [-0.3, -0.25) is 14.9 Å². The standard InChI is InChI=1S/C20H21N3O4S/c1-20(18(25)22-19(26)23-20)12-28-16-10-6-4-8-14(16)17(24)21-11-13-7-3-5-9-15(13)27-2/h3-10H,11-12H2,1-2H3,(H,21,24)(H2,22,23,25,26). The number of methoxy groups -OCH3 is 1. The Kier molecular flexibility index (Phi) is 5.89. The van der Waals surface area contributed by atoms with Crippen molar-refractivity contribution in [3.8, 4) is 5.75 Å². The average molecular weight is 399 g/mol. The van der Waals surface area contributed by atoms with Gasteiger partial charge in [-0.25, -0.2) is 4.79 Å². The van der Waals surface area contributed by atoms with Crippen molar-refractivity contribution >= 4 is 29.6 Å². The van der Waals surface area contributed by atoms with E-state index >= 15 is 0 Å². The number of imide groups is 1. The maximum Gasteiger partial charge on any atom is 0.322 e. The molecule has 1 fully saturated rings. The lowest BCUT2D eigenvalue weighted by atomic mass is 10.1. The van der Waals surface area contributed by atoms with Crippen molar-refractivity contribution in [1.29, 1.82) is 0 Å². The van der Waals surface area contributed by atoms with Crippen molar-refractivity contribution in [3.05, 3.63) is 59.7 Å². The first-order valence-electron chi connectivity index (χ1n) is 8.68. The SMILES string of the molecule is COc1ccccc1CNC(=O)c1ccccc1SCC1(C)NC(=O)NC1=O. The zero-order chi connectivity index (χ0) is 20.1. The van der Waals surface area contributed by atoms with Gasteiger partial charge in [-0.15, -0.1) is 11.8 Å². The van der Waals surface area contributed by atoms with Gasteiger partial charge in [0.15, 0.2) is 0 Å². The maximum absolute atomic E-state index is 12.7. The van der Waals surface area contributed by atoms with Crippen LogP contribution in [0.25, 0.3) is 0 Å². The number of carbonyl (C=O) groups excluding carboxylic acids is 3. The molecule has 1 saturated heterocycles. The molecule has 146 valence electrons. The van der Waals surface area contributed by atoms with Crippen LogP contribution in [0, 0.1) is 0 Å². The molecule has 7 nitrogen and oxygen atoms in total. The largest absolute Gasteiger partial charge is 0.496 e. The summed E-state index contributed by atoms with van der Waals surface area (Å²) in [5.41, 5.74) is 0.375. The van der Waals surface area contributed by atoms with Gasteiger partial charge in [-0.2, -0.15) is 0 Å². The van der Waals surface area contributed by atoms with Crippen molar-refractivity contribution in [3.63, 3.8) is 0 Å². The van der Waals surface area contributed by atoms with Gasteiger partial charge >= 0.3 is 6.03 Å². The molecular formula is C20H21N3O4S. The van der Waals surface area contributed by atoms with Crippen LogP contribution < -0.4 is 20.7 Å². The van der Waals surface area contributed by atoms with E-state index in [1.54, 1.807) is 26.2 Å². The van der Waals surface area contributed by atoms with Crippen LogP contribution in [0.4, 0.5) is 4.79 Å². The van der Waals surface area contributed by atoms with E-state index in [9.17, 15) is 14.4 Å². The third-order valence-corrected chi connectivity index (χ3v) is 5.79. The maximum atomic E-state index is 12.7. The Morgan fingerprint density at radius 1 is 1.14 bits per heavy atom. The van der Waals surface area contributed by atoms with Gasteiger partial charge in [0.1, 0.15) is 11.3 Å². The molecule has 4 amide bonds. The predicted octanol–water partition coefficient (Wildman–Crippen LogP) is 2.32. The Balaban J connectivity index is 1.68. The average Bonchev–Trinajstić information content (AvgIpc) is 2.96. The second kappa shape index (κ2) is 8.35. The van der Waals surface area contributed by atoms with E-state index in [2.05, 4.69) is 16.0 Å². The van der Waals surface area contributed by atoms with Crippen molar-refractivity contribution in [2.24, 2.45) is 0 Å². The van der Waals surface area contributed by atoms with Crippen molar-refractivity contribution in [2.75, 3.05) is 12.9 Å². The van der Waals surface area contributed by atoms with Gasteiger partial charge in [-0.1, -0.05) is 30.3 Å². The summed E-state index contributed by atoms with van der Waals surface area (Å²) in [6.45, 7) is 1.99. The zero-order valence-electron chi connectivity index (χ0n) is 15.6. The molecule has 0 saturated carbocycles. The molecule has 1 aliphatic heterocycles. The van der Waals surface area contributed by atoms with Gasteiger partial charge in [-0.05, 0) is 25.1 Å². The molecular weight excluding hydrogens is 378 g/mol. The molecule has 1 atom stereocenters. The summed E-state index contributed by atoms with van der Waals surface area (Å²) in [7, 11) is 1.59. The Bertz CT molecular complexity index is 918. The molecule has 1 aliphatic rings. The lowest BCUT2D eigenvalue weighted by Gasteiger charge is -2.20. The van der Waals surface area contributed by atoms with Crippen LogP contribution in [0.5, 0.6) is 5.75 Å². The van der Waals surface area contributed by atoms with E-state index in [0.717, 1.165) is 10.5 Å². The van der Waals surface area contributed by atoms with Crippen LogP contribution >= 0.6 is 11.8 Å². The molecule has 0 aromatic heterocycles. The van der Waals surface area contributed by atoms with Crippen molar-refractivity contribution in [2.45, 2.75) is 23.9 Å². The fourth-order valence-corrected chi connectivity index (χ4v) is 3.94. The molecule has 3 rings (SSSR count). The number of carbonyl (C=O) groups is 3. The van der Waals surface area contributed by atoms with E-state index in [1.165, 1.54) is 11.8 Å². The monoisotopic (exact) mass is 399 g/mol. The first kappa shape index (κ1) is 19.8. The molecule has 8 heteroatoms. The number of amides is 4. The molecule has 2 aromatic carbocycles. The molecule has 2 aromatic rings. The number of hydrogen-bond donors (Lipinski definition) is 3. The van der Waals surface area contributed by atoms with E-state index in [-0.39, 0.29) is 11.8 Å². The van der Waals surface area contributed by atoms with Crippen LogP contribution in [-0.2, 0) is 11.3 Å². The van der Waals surface area contributed by atoms with E-state index in [4.69, 9.17) is 4.74 Å². The van der Waals surface area contributed by atoms with Gasteiger partial charge < -0.3 is 15.4 Å². The lowest BCUT2D eigenvalue weighted by Crippen LogP contribution is -2.46. The van der Waals surface area contributed by atoms with E-state index in [0.29, 0.717) is 23.6 Å². The van der Waals surface area contributed by atoms with Gasteiger partial charge in [0.05, 0.1) is 12.7 Å². The van der Waals surface area contributed by atoms with Gasteiger partial charge in [0, 0.05) is 22.8 Å². The second-order valence-corrected chi connectivity index (χ2v) is 7.54. The number of thioether (sulfide) groups is 1. The number of hydrogen-bond acceptors (Lipinski definition) is 5. The Hall–Kier alpha value is -3.00. The van der Waals surface area contributed by atoms with Crippen molar-refractivity contribution < 1.29 is 19.1 Å². The summed E-state index contributed by atoms with van der Waals surface area (Å²) in [6, 6.07) is 14.1. The summed E-state index contributed by atoms with van der Waals surface area (Å²) in [5, 5.41) is 7.76. The molecule has 3 N–H and O–H groups in total. The topological polar surface area (TPSA) is 96.5 Å². The highest BCUT2D eigenvalue weighted by atomic mass is 32.2. The van der Waals surface area contributed by atoms with Gasteiger partial charge in [0.2, 0.25) is 0 Å². The first-order chi connectivity index (χ1) is 13.4. The van der Waals surface area contributed by atoms with Crippen molar-refractivity contribution in [1.82, 2.24) is 16.0 Å². The quantitative estimate of drug-likeness (QED) is 0.490. The Morgan fingerprint density at radius 2 is 1.86 bits per heavy atom. The number of urea groups is 1. The number of rotatable bonds is 7. The number of ether oxygens (including phenoxy) is 1. The highest BCUT2D eigenvalue weighted by Crippen LogP contribution is 2.27. The van der Waals surface area contributed by atoms with Crippen LogP contribution in [0.15, 0.2) is 53.4 Å². The molecule has 0 bridgehead atoms. The number of para-hydroxylation sites is 1. The number of nitrogens with one attached hydrogen (secondary N) is 3. The highest BCUT2D eigenvalue weighted by molar-refractivity contribution is 7.99. The number of benzene rings is 2. The second-order valence-electron chi connectivity index (χ2n) is 6.52. The molecule has 0 aliphatic carbocycles. The van der Waals surface area contributed by atoms with Crippen LogP contribution in [0.2, 0.25) is 0 Å². The van der Waals surface area contributed by atoms with Gasteiger partial charge in [0.25, 0.3) is 11.8 Å². The molecule has 0 spiro atoms. The normalized spacial score (nSPS) is 18.4. The molecule has 0 radical (unpaired) electrons. The van der Waals surface area contributed by atoms with Crippen LogP contribution in [0.3, 0.4) is 0 Å². The smallest absolute Gasteiger partial charge is 0.322 e. The lowest BCUT2D eigenvalue weighted by molar-refractivity contribution is -0.122. The minimum Gasteiger partial charge on any atom is -0.496 e. The Labute approximate surface area is 167 Å². The molecule has 28 heavy (non-hydrogen) atoms. The summed E-state index contributed by atoms with van der Waals surface area (Å²) in [4.78, 5) is 36.8. The summed E-state index contributed by atoms with van der Waals surface area (Å²) >= 11 is 1.35. The van der Waals surface area contributed by atoms with E-state index in [1.807, 2.05) is 36.4 Å².